The number of hydrogen-bond donors (Lipinski definition) is 0. The lowest BCUT2D eigenvalue weighted by molar-refractivity contribution is -0.129. The lowest BCUT2D eigenvalue weighted by atomic mass is 10.2. The smallest absolute Gasteiger partial charge is 0.338 e. The first kappa shape index (κ1) is 23.1. The Morgan fingerprint density at radius 1 is 0.935 bits per heavy atom. The fourth-order valence-corrected chi connectivity index (χ4v) is 4.61. The normalized spacial score (nSPS) is 14.8. The SMILES string of the molecule is CC(=O)N1CCN(S(=O)(=O)c2ccc(C(=O)OCCOc3ccc(Cl)cc3)cc2)CC1. The van der Waals surface area contributed by atoms with Gasteiger partial charge in [0.2, 0.25) is 15.9 Å². The molecule has 1 aliphatic rings. The third kappa shape index (κ3) is 5.96. The third-order valence-electron chi connectivity index (χ3n) is 4.81. The van der Waals surface area contributed by atoms with Crippen molar-refractivity contribution in [2.24, 2.45) is 0 Å². The Hall–Kier alpha value is -2.62. The lowest BCUT2D eigenvalue weighted by Gasteiger charge is -2.33. The van der Waals surface area contributed by atoms with Gasteiger partial charge in [0.1, 0.15) is 19.0 Å². The predicted octanol–water partition coefficient (Wildman–Crippen LogP) is 2.43. The number of carbonyl (C=O) groups excluding carboxylic acids is 2. The van der Waals surface area contributed by atoms with Crippen LogP contribution in [0.1, 0.15) is 17.3 Å². The monoisotopic (exact) mass is 466 g/mol. The molecule has 1 amide bonds. The van der Waals surface area contributed by atoms with E-state index < -0.39 is 16.0 Å². The third-order valence-corrected chi connectivity index (χ3v) is 6.98. The molecular formula is C21H23ClN2O6S. The molecule has 8 nitrogen and oxygen atoms in total. The molecule has 1 saturated heterocycles. The zero-order chi connectivity index (χ0) is 22.4. The molecule has 31 heavy (non-hydrogen) atoms. The van der Waals surface area contributed by atoms with Crippen LogP contribution in [-0.2, 0) is 19.6 Å². The summed E-state index contributed by atoms with van der Waals surface area (Å²) < 4.78 is 37.5. The number of rotatable bonds is 7. The number of nitrogens with zero attached hydrogens (tertiary/aromatic N) is 2. The molecular weight excluding hydrogens is 444 g/mol. The van der Waals surface area contributed by atoms with Gasteiger partial charge in [0.15, 0.2) is 0 Å². The van der Waals surface area contributed by atoms with E-state index in [2.05, 4.69) is 0 Å². The number of benzene rings is 2. The van der Waals surface area contributed by atoms with Gasteiger partial charge in [-0.25, -0.2) is 13.2 Å². The van der Waals surface area contributed by atoms with Gasteiger partial charge < -0.3 is 14.4 Å². The zero-order valence-electron chi connectivity index (χ0n) is 17.0. The summed E-state index contributed by atoms with van der Waals surface area (Å²) in [6, 6.07) is 12.4. The Kier molecular flexibility index (Phi) is 7.53. The van der Waals surface area contributed by atoms with Crippen LogP contribution in [0.4, 0.5) is 0 Å². The highest BCUT2D eigenvalue weighted by atomic mass is 35.5. The summed E-state index contributed by atoms with van der Waals surface area (Å²) in [5, 5.41) is 0.600. The van der Waals surface area contributed by atoms with Gasteiger partial charge in [0, 0.05) is 38.1 Å². The topological polar surface area (TPSA) is 93.2 Å². The first-order chi connectivity index (χ1) is 14.8. The molecule has 0 aliphatic carbocycles. The fraction of sp³-hybridized carbons (Fsp3) is 0.333. The maximum Gasteiger partial charge on any atom is 0.338 e. The highest BCUT2D eigenvalue weighted by Crippen LogP contribution is 2.19. The molecule has 2 aromatic rings. The predicted molar refractivity (Wildman–Crippen MR) is 115 cm³/mol. The van der Waals surface area contributed by atoms with Gasteiger partial charge in [-0.15, -0.1) is 0 Å². The van der Waals surface area contributed by atoms with E-state index in [1.807, 2.05) is 0 Å². The van der Waals surface area contributed by atoms with Crippen molar-refractivity contribution >= 4 is 33.5 Å². The maximum atomic E-state index is 12.8. The standard InChI is InChI=1S/C21H23ClN2O6S/c1-16(25)23-10-12-24(13-11-23)31(27,28)20-8-2-17(3-9-20)21(26)30-15-14-29-19-6-4-18(22)5-7-19/h2-9H,10-15H2,1H3. The Labute approximate surface area is 186 Å². The fourth-order valence-electron chi connectivity index (χ4n) is 3.06. The molecule has 166 valence electrons. The first-order valence-corrected chi connectivity index (χ1v) is 11.5. The molecule has 0 spiro atoms. The van der Waals surface area contributed by atoms with Crippen molar-refractivity contribution in [3.05, 3.63) is 59.1 Å². The first-order valence-electron chi connectivity index (χ1n) is 9.68. The van der Waals surface area contributed by atoms with Crippen molar-refractivity contribution in [2.75, 3.05) is 39.4 Å². The van der Waals surface area contributed by atoms with Crippen molar-refractivity contribution < 1.29 is 27.5 Å². The van der Waals surface area contributed by atoms with Gasteiger partial charge in [-0.2, -0.15) is 4.31 Å². The van der Waals surface area contributed by atoms with E-state index in [0.717, 1.165) is 0 Å². The highest BCUT2D eigenvalue weighted by Gasteiger charge is 2.29. The average molecular weight is 467 g/mol. The Morgan fingerprint density at radius 2 is 1.55 bits per heavy atom. The second-order valence-electron chi connectivity index (χ2n) is 6.87. The van der Waals surface area contributed by atoms with Crippen LogP contribution in [0.15, 0.2) is 53.4 Å². The zero-order valence-corrected chi connectivity index (χ0v) is 18.6. The van der Waals surface area contributed by atoms with E-state index in [9.17, 15) is 18.0 Å². The van der Waals surface area contributed by atoms with Crippen molar-refractivity contribution in [1.29, 1.82) is 0 Å². The number of esters is 1. The minimum Gasteiger partial charge on any atom is -0.490 e. The Morgan fingerprint density at radius 3 is 2.13 bits per heavy atom. The summed E-state index contributed by atoms with van der Waals surface area (Å²) >= 11 is 5.80. The highest BCUT2D eigenvalue weighted by molar-refractivity contribution is 7.89. The van der Waals surface area contributed by atoms with E-state index >= 15 is 0 Å². The Bertz CT molecular complexity index is 1020. The molecule has 0 bridgehead atoms. The van der Waals surface area contributed by atoms with Gasteiger partial charge in [-0.1, -0.05) is 11.6 Å². The van der Waals surface area contributed by atoms with Crippen LogP contribution in [0.3, 0.4) is 0 Å². The quantitative estimate of drug-likeness (QED) is 0.459. The van der Waals surface area contributed by atoms with Gasteiger partial charge in [-0.3, -0.25) is 4.79 Å². The molecule has 1 heterocycles. The molecule has 2 aromatic carbocycles. The largest absolute Gasteiger partial charge is 0.490 e. The van der Waals surface area contributed by atoms with Gasteiger partial charge in [0.25, 0.3) is 0 Å². The average Bonchev–Trinajstić information content (AvgIpc) is 2.78. The second kappa shape index (κ2) is 10.1. The molecule has 0 unspecified atom stereocenters. The van der Waals surface area contributed by atoms with E-state index in [1.54, 1.807) is 29.2 Å². The molecule has 1 aliphatic heterocycles. The number of sulfonamides is 1. The molecule has 0 atom stereocenters. The van der Waals surface area contributed by atoms with Crippen LogP contribution in [0.2, 0.25) is 5.02 Å². The molecule has 1 fully saturated rings. The summed E-state index contributed by atoms with van der Waals surface area (Å²) in [6.45, 7) is 2.87. The van der Waals surface area contributed by atoms with Crippen LogP contribution < -0.4 is 4.74 Å². The van der Waals surface area contributed by atoms with Crippen molar-refractivity contribution in [2.45, 2.75) is 11.8 Å². The number of piperazine rings is 1. The van der Waals surface area contributed by atoms with Gasteiger partial charge >= 0.3 is 5.97 Å². The van der Waals surface area contributed by atoms with Gasteiger partial charge in [0.05, 0.1) is 10.5 Å². The van der Waals surface area contributed by atoms with Crippen LogP contribution in [0, 0.1) is 0 Å². The maximum absolute atomic E-state index is 12.8. The number of hydrogen-bond acceptors (Lipinski definition) is 6. The van der Waals surface area contributed by atoms with Gasteiger partial charge in [-0.05, 0) is 48.5 Å². The van der Waals surface area contributed by atoms with Crippen LogP contribution in [0.5, 0.6) is 5.75 Å². The Balaban J connectivity index is 1.51. The summed E-state index contributed by atoms with van der Waals surface area (Å²) in [6.07, 6.45) is 0. The van der Waals surface area contributed by atoms with E-state index in [-0.39, 0.29) is 42.7 Å². The van der Waals surface area contributed by atoms with Crippen LogP contribution >= 0.6 is 11.6 Å². The molecule has 0 N–H and O–H groups in total. The van der Waals surface area contributed by atoms with E-state index in [1.165, 1.54) is 35.5 Å². The van der Waals surface area contributed by atoms with Crippen LogP contribution in [-0.4, -0.2) is 68.9 Å². The molecule has 0 aromatic heterocycles. The molecule has 3 rings (SSSR count). The summed E-state index contributed by atoms with van der Waals surface area (Å²) in [7, 11) is -3.69. The second-order valence-corrected chi connectivity index (χ2v) is 9.25. The molecule has 10 heteroatoms. The summed E-state index contributed by atoms with van der Waals surface area (Å²) in [5.41, 5.74) is 0.242. The van der Waals surface area contributed by atoms with Crippen molar-refractivity contribution in [3.63, 3.8) is 0 Å². The summed E-state index contributed by atoms with van der Waals surface area (Å²) in [5.74, 6) is -0.0312. The minimum absolute atomic E-state index is 0.0436. The van der Waals surface area contributed by atoms with Crippen LogP contribution in [0.25, 0.3) is 0 Å². The number of halogens is 1. The number of carbonyl (C=O) groups is 2. The number of ether oxygens (including phenoxy) is 2. The molecule has 0 radical (unpaired) electrons. The minimum atomic E-state index is -3.69. The lowest BCUT2D eigenvalue weighted by Crippen LogP contribution is -2.49. The summed E-state index contributed by atoms with van der Waals surface area (Å²) in [4.78, 5) is 25.3. The van der Waals surface area contributed by atoms with Crippen molar-refractivity contribution in [3.8, 4) is 5.75 Å². The van der Waals surface area contributed by atoms with Crippen molar-refractivity contribution in [1.82, 2.24) is 9.21 Å². The van der Waals surface area contributed by atoms with E-state index in [4.69, 9.17) is 21.1 Å². The molecule has 0 saturated carbocycles. The van der Waals surface area contributed by atoms with E-state index in [0.29, 0.717) is 23.9 Å². The number of amides is 1.